The van der Waals surface area contributed by atoms with Crippen LogP contribution >= 0.6 is 23.1 Å². The number of carbonyl (C=O) groups excluding carboxylic acids is 1. The van der Waals surface area contributed by atoms with E-state index < -0.39 is 0 Å². The summed E-state index contributed by atoms with van der Waals surface area (Å²) < 4.78 is 4.77. The van der Waals surface area contributed by atoms with E-state index >= 15 is 0 Å². The third-order valence-corrected chi connectivity index (χ3v) is 5.57. The van der Waals surface area contributed by atoms with Crippen molar-refractivity contribution >= 4 is 39.3 Å². The van der Waals surface area contributed by atoms with Crippen LogP contribution in [0, 0.1) is 0 Å². The van der Waals surface area contributed by atoms with Gasteiger partial charge in [0.2, 0.25) is 0 Å². The molecular weight excluding hydrogens is 280 g/mol. The standard InChI is InChI=1S/C13H14N2O2S2/c1-7(13(16)17-2)18-11-10-8-4-3-5-9(8)19-12(10)15-6-14-11/h6-7H,3-5H2,1-2H3/t7-/m0/s1. The molecule has 0 saturated heterocycles. The summed E-state index contributed by atoms with van der Waals surface area (Å²) in [6, 6.07) is 0. The first-order valence-corrected chi connectivity index (χ1v) is 7.90. The predicted molar refractivity (Wildman–Crippen MR) is 76.8 cm³/mol. The van der Waals surface area contributed by atoms with Gasteiger partial charge in [-0.1, -0.05) is 11.8 Å². The van der Waals surface area contributed by atoms with E-state index in [1.165, 1.54) is 35.7 Å². The maximum atomic E-state index is 11.5. The molecule has 0 saturated carbocycles. The lowest BCUT2D eigenvalue weighted by Crippen LogP contribution is -2.14. The summed E-state index contributed by atoms with van der Waals surface area (Å²) in [5, 5.41) is 1.81. The highest BCUT2D eigenvalue weighted by atomic mass is 32.2. The molecule has 0 aliphatic heterocycles. The number of thioether (sulfide) groups is 1. The number of aromatic nitrogens is 2. The highest BCUT2D eigenvalue weighted by Gasteiger charge is 2.23. The molecule has 0 bridgehead atoms. The van der Waals surface area contributed by atoms with Gasteiger partial charge in [0.25, 0.3) is 0 Å². The maximum absolute atomic E-state index is 11.5. The number of thiophene rings is 1. The van der Waals surface area contributed by atoms with Crippen LogP contribution in [0.4, 0.5) is 0 Å². The lowest BCUT2D eigenvalue weighted by atomic mass is 10.2. The second-order valence-electron chi connectivity index (χ2n) is 4.50. The largest absolute Gasteiger partial charge is 0.468 e. The fourth-order valence-corrected chi connectivity index (χ4v) is 4.64. The minimum Gasteiger partial charge on any atom is -0.468 e. The summed E-state index contributed by atoms with van der Waals surface area (Å²) in [4.78, 5) is 22.7. The first-order chi connectivity index (χ1) is 9.20. The van der Waals surface area contributed by atoms with Crippen molar-refractivity contribution in [2.75, 3.05) is 7.11 Å². The Kier molecular flexibility index (Phi) is 3.45. The summed E-state index contributed by atoms with van der Waals surface area (Å²) in [5.41, 5.74) is 1.39. The molecule has 0 N–H and O–H groups in total. The van der Waals surface area contributed by atoms with Gasteiger partial charge in [-0.15, -0.1) is 11.3 Å². The van der Waals surface area contributed by atoms with Crippen LogP contribution in [0.1, 0.15) is 23.8 Å². The molecular formula is C13H14N2O2S2. The van der Waals surface area contributed by atoms with Crippen LogP contribution in [0.3, 0.4) is 0 Å². The van der Waals surface area contributed by atoms with E-state index in [2.05, 4.69) is 9.97 Å². The van der Waals surface area contributed by atoms with Crippen LogP contribution < -0.4 is 0 Å². The average molecular weight is 294 g/mol. The minimum absolute atomic E-state index is 0.219. The summed E-state index contributed by atoms with van der Waals surface area (Å²) in [6.07, 6.45) is 5.04. The third-order valence-electron chi connectivity index (χ3n) is 3.29. The topological polar surface area (TPSA) is 52.1 Å². The highest BCUT2D eigenvalue weighted by molar-refractivity contribution is 8.00. The number of hydrogen-bond donors (Lipinski definition) is 0. The maximum Gasteiger partial charge on any atom is 0.318 e. The van der Waals surface area contributed by atoms with Gasteiger partial charge in [0.1, 0.15) is 21.4 Å². The fourth-order valence-electron chi connectivity index (χ4n) is 2.37. The molecule has 6 heteroatoms. The van der Waals surface area contributed by atoms with Crippen molar-refractivity contribution in [1.29, 1.82) is 0 Å². The summed E-state index contributed by atoms with van der Waals surface area (Å²) in [7, 11) is 1.41. The molecule has 0 spiro atoms. The minimum atomic E-state index is -0.250. The molecule has 1 atom stereocenters. The Balaban J connectivity index is 2.01. The molecule has 0 radical (unpaired) electrons. The zero-order valence-corrected chi connectivity index (χ0v) is 12.4. The zero-order chi connectivity index (χ0) is 13.4. The number of rotatable bonds is 3. The number of aryl methyl sites for hydroxylation is 2. The summed E-state index contributed by atoms with van der Waals surface area (Å²) in [6.45, 7) is 1.84. The van der Waals surface area contributed by atoms with Gasteiger partial charge in [-0.3, -0.25) is 4.79 Å². The van der Waals surface area contributed by atoms with E-state index in [1.54, 1.807) is 17.7 Å². The number of fused-ring (bicyclic) bond motifs is 3. The summed E-state index contributed by atoms with van der Waals surface area (Å²) >= 11 is 3.22. The normalized spacial score (nSPS) is 15.5. The Bertz CT molecular complexity index is 639. The summed E-state index contributed by atoms with van der Waals surface area (Å²) in [5.74, 6) is -0.219. The van der Waals surface area contributed by atoms with E-state index in [0.29, 0.717) is 0 Å². The number of carbonyl (C=O) groups is 1. The number of esters is 1. The first kappa shape index (κ1) is 12.9. The molecule has 0 amide bonds. The van der Waals surface area contributed by atoms with Gasteiger partial charge in [-0.2, -0.15) is 0 Å². The lowest BCUT2D eigenvalue weighted by molar-refractivity contribution is -0.139. The molecule has 1 aliphatic rings. The molecule has 2 aromatic heterocycles. The Labute approximate surface area is 119 Å². The monoisotopic (exact) mass is 294 g/mol. The van der Waals surface area contributed by atoms with Crippen molar-refractivity contribution in [3.63, 3.8) is 0 Å². The van der Waals surface area contributed by atoms with Gasteiger partial charge in [-0.05, 0) is 31.7 Å². The van der Waals surface area contributed by atoms with Crippen molar-refractivity contribution in [3.8, 4) is 0 Å². The van der Waals surface area contributed by atoms with E-state index in [4.69, 9.17) is 4.74 Å². The predicted octanol–water partition coefficient (Wildman–Crippen LogP) is 2.83. The van der Waals surface area contributed by atoms with Crippen molar-refractivity contribution in [2.24, 2.45) is 0 Å². The number of methoxy groups -OCH3 is 1. The van der Waals surface area contributed by atoms with Crippen LogP contribution in [0.5, 0.6) is 0 Å². The number of ether oxygens (including phenoxy) is 1. The van der Waals surface area contributed by atoms with E-state index in [9.17, 15) is 4.79 Å². The van der Waals surface area contributed by atoms with Gasteiger partial charge in [0.15, 0.2) is 0 Å². The molecule has 3 rings (SSSR count). The van der Waals surface area contributed by atoms with Crippen molar-refractivity contribution < 1.29 is 9.53 Å². The van der Waals surface area contributed by atoms with Crippen LogP contribution in [-0.4, -0.2) is 28.3 Å². The molecule has 2 aromatic rings. The fraction of sp³-hybridized carbons (Fsp3) is 0.462. The van der Waals surface area contributed by atoms with Crippen molar-refractivity contribution in [1.82, 2.24) is 9.97 Å². The second-order valence-corrected chi connectivity index (χ2v) is 6.91. The van der Waals surface area contributed by atoms with E-state index in [1.807, 2.05) is 6.92 Å². The van der Waals surface area contributed by atoms with Crippen LogP contribution in [-0.2, 0) is 22.4 Å². The van der Waals surface area contributed by atoms with Gasteiger partial charge in [0, 0.05) is 10.3 Å². The third kappa shape index (κ3) is 2.23. The molecule has 0 unspecified atom stereocenters. The van der Waals surface area contributed by atoms with E-state index in [0.717, 1.165) is 28.1 Å². The molecule has 19 heavy (non-hydrogen) atoms. The van der Waals surface area contributed by atoms with Crippen molar-refractivity contribution in [3.05, 3.63) is 16.8 Å². The lowest BCUT2D eigenvalue weighted by Gasteiger charge is -2.09. The Morgan fingerprint density at radius 1 is 1.47 bits per heavy atom. The second kappa shape index (κ2) is 5.09. The molecule has 4 nitrogen and oxygen atoms in total. The highest BCUT2D eigenvalue weighted by Crippen LogP contribution is 2.40. The van der Waals surface area contributed by atoms with Crippen molar-refractivity contribution in [2.45, 2.75) is 36.5 Å². The van der Waals surface area contributed by atoms with Gasteiger partial charge >= 0.3 is 5.97 Å². The Morgan fingerprint density at radius 2 is 2.32 bits per heavy atom. The van der Waals surface area contributed by atoms with Crippen LogP contribution in [0.2, 0.25) is 0 Å². The first-order valence-electron chi connectivity index (χ1n) is 6.20. The number of hydrogen-bond acceptors (Lipinski definition) is 6. The Morgan fingerprint density at radius 3 is 3.11 bits per heavy atom. The van der Waals surface area contributed by atoms with Crippen LogP contribution in [0.25, 0.3) is 10.2 Å². The smallest absolute Gasteiger partial charge is 0.318 e. The molecule has 2 heterocycles. The van der Waals surface area contributed by atoms with E-state index in [-0.39, 0.29) is 11.2 Å². The SMILES string of the molecule is COC(=O)[C@H](C)Sc1ncnc2sc3c(c12)CCC3. The molecule has 0 aromatic carbocycles. The van der Waals surface area contributed by atoms with Gasteiger partial charge in [-0.25, -0.2) is 9.97 Å². The average Bonchev–Trinajstić information content (AvgIpc) is 2.97. The van der Waals surface area contributed by atoms with Gasteiger partial charge < -0.3 is 4.74 Å². The molecule has 0 fully saturated rings. The Hall–Kier alpha value is -1.14. The zero-order valence-electron chi connectivity index (χ0n) is 10.8. The van der Waals surface area contributed by atoms with Crippen LogP contribution in [0.15, 0.2) is 11.4 Å². The van der Waals surface area contributed by atoms with Gasteiger partial charge in [0.05, 0.1) is 7.11 Å². The molecule has 100 valence electrons. The molecule has 1 aliphatic carbocycles. The quantitative estimate of drug-likeness (QED) is 0.495. The number of nitrogens with zero attached hydrogens (tertiary/aromatic N) is 2.